The number of aryl methyl sites for hydroxylation is 2. The Morgan fingerprint density at radius 1 is 0.947 bits per heavy atom. The molecule has 2 nitrogen and oxygen atoms in total. The molecule has 0 atom stereocenters. The van der Waals surface area contributed by atoms with Crippen LogP contribution in [0.25, 0.3) is 4.91 Å². The molecule has 19 heavy (non-hydrogen) atoms. The molecule has 0 N–H and O–H groups in total. The molecule has 98 valence electrons. The normalized spacial score (nSPS) is 11.3. The zero-order chi connectivity index (χ0) is 14.0. The molecule has 0 aliphatic carbocycles. The summed E-state index contributed by atoms with van der Waals surface area (Å²) in [7, 11) is -3.52. The Balaban J connectivity index is 2.50. The Morgan fingerprint density at radius 2 is 1.47 bits per heavy atom. The van der Waals surface area contributed by atoms with Crippen molar-refractivity contribution in [3.8, 4) is 0 Å². The summed E-state index contributed by atoms with van der Waals surface area (Å²) in [6, 6.07) is 14.1. The SMILES string of the molecule is C=C(c1cc(C)cc(C)c1)S(=O)(=O)c1ccccc1. The molecule has 0 aliphatic rings. The van der Waals surface area contributed by atoms with E-state index in [1.807, 2.05) is 32.0 Å². The summed E-state index contributed by atoms with van der Waals surface area (Å²) in [6.07, 6.45) is 0. The molecular formula is C16H16O2S. The molecule has 0 aliphatic heterocycles. The van der Waals surface area contributed by atoms with Gasteiger partial charge in [0.25, 0.3) is 0 Å². The number of sulfone groups is 1. The van der Waals surface area contributed by atoms with Crippen molar-refractivity contribution in [3.63, 3.8) is 0 Å². The Kier molecular flexibility index (Phi) is 3.58. The van der Waals surface area contributed by atoms with Crippen molar-refractivity contribution in [1.82, 2.24) is 0 Å². The van der Waals surface area contributed by atoms with E-state index in [4.69, 9.17) is 0 Å². The fourth-order valence-electron chi connectivity index (χ4n) is 2.03. The van der Waals surface area contributed by atoms with E-state index < -0.39 is 9.84 Å². The summed E-state index contributed by atoms with van der Waals surface area (Å²) in [6.45, 7) is 7.65. The maximum Gasteiger partial charge on any atom is 0.206 e. The zero-order valence-electron chi connectivity index (χ0n) is 11.1. The third kappa shape index (κ3) is 2.76. The third-order valence-corrected chi connectivity index (χ3v) is 4.70. The van der Waals surface area contributed by atoms with Gasteiger partial charge in [0, 0.05) is 0 Å². The van der Waals surface area contributed by atoms with Gasteiger partial charge in [0.15, 0.2) is 0 Å². The van der Waals surface area contributed by atoms with Crippen LogP contribution in [0.1, 0.15) is 16.7 Å². The predicted octanol–water partition coefficient (Wildman–Crippen LogP) is 3.75. The quantitative estimate of drug-likeness (QED) is 0.852. The topological polar surface area (TPSA) is 34.1 Å². The molecule has 0 unspecified atom stereocenters. The van der Waals surface area contributed by atoms with Crippen LogP contribution in [0.15, 0.2) is 60.0 Å². The average molecular weight is 272 g/mol. The second-order valence-corrected chi connectivity index (χ2v) is 6.59. The van der Waals surface area contributed by atoms with Gasteiger partial charge in [-0.1, -0.05) is 54.1 Å². The van der Waals surface area contributed by atoms with E-state index in [-0.39, 0.29) is 9.80 Å². The van der Waals surface area contributed by atoms with Gasteiger partial charge in [-0.2, -0.15) is 0 Å². The lowest BCUT2D eigenvalue weighted by atomic mass is 10.1. The van der Waals surface area contributed by atoms with Crippen molar-refractivity contribution >= 4 is 14.7 Å². The average Bonchev–Trinajstić information content (AvgIpc) is 2.37. The van der Waals surface area contributed by atoms with Gasteiger partial charge in [-0.05, 0) is 31.5 Å². The minimum absolute atomic E-state index is 0.144. The van der Waals surface area contributed by atoms with Crippen molar-refractivity contribution in [2.24, 2.45) is 0 Å². The van der Waals surface area contributed by atoms with Gasteiger partial charge < -0.3 is 0 Å². The molecule has 0 radical (unpaired) electrons. The van der Waals surface area contributed by atoms with Gasteiger partial charge >= 0.3 is 0 Å². The standard InChI is InChI=1S/C16H16O2S/c1-12-9-13(2)11-15(10-12)14(3)19(17,18)16-7-5-4-6-8-16/h4-11H,3H2,1-2H3. The highest BCUT2D eigenvalue weighted by Gasteiger charge is 2.20. The number of rotatable bonds is 3. The highest BCUT2D eigenvalue weighted by molar-refractivity contribution is 8.00. The highest BCUT2D eigenvalue weighted by atomic mass is 32.2. The maximum absolute atomic E-state index is 12.5. The van der Waals surface area contributed by atoms with Gasteiger partial charge in [0.05, 0.1) is 9.80 Å². The largest absolute Gasteiger partial charge is 0.219 e. The molecule has 3 heteroatoms. The Morgan fingerprint density at radius 3 is 2.00 bits per heavy atom. The molecule has 0 aromatic heterocycles. The Labute approximate surface area is 114 Å². The monoisotopic (exact) mass is 272 g/mol. The second-order valence-electron chi connectivity index (χ2n) is 4.62. The number of benzene rings is 2. The highest BCUT2D eigenvalue weighted by Crippen LogP contribution is 2.27. The van der Waals surface area contributed by atoms with E-state index in [1.165, 1.54) is 0 Å². The van der Waals surface area contributed by atoms with Crippen molar-refractivity contribution in [3.05, 3.63) is 71.8 Å². The van der Waals surface area contributed by atoms with Crippen LogP contribution < -0.4 is 0 Å². The van der Waals surface area contributed by atoms with Crippen LogP contribution in [0.5, 0.6) is 0 Å². The summed E-state index contributed by atoms with van der Waals surface area (Å²) >= 11 is 0. The molecule has 0 saturated carbocycles. The molecule has 2 aromatic carbocycles. The van der Waals surface area contributed by atoms with Crippen LogP contribution in [0.3, 0.4) is 0 Å². The molecule has 2 aromatic rings. The fourth-order valence-corrected chi connectivity index (χ4v) is 3.26. The van der Waals surface area contributed by atoms with E-state index in [1.54, 1.807) is 30.3 Å². The van der Waals surface area contributed by atoms with Gasteiger partial charge in [-0.25, -0.2) is 8.42 Å². The summed E-state index contributed by atoms with van der Waals surface area (Å²) in [5.74, 6) is 0. The molecule has 0 saturated heterocycles. The van der Waals surface area contributed by atoms with Crippen LogP contribution >= 0.6 is 0 Å². The van der Waals surface area contributed by atoms with E-state index in [0.29, 0.717) is 5.56 Å². The van der Waals surface area contributed by atoms with Crippen LogP contribution in [0, 0.1) is 13.8 Å². The minimum Gasteiger partial charge on any atom is -0.219 e. The van der Waals surface area contributed by atoms with Crippen LogP contribution in [-0.4, -0.2) is 8.42 Å². The second kappa shape index (κ2) is 5.02. The Hall–Kier alpha value is -1.87. The molecule has 0 heterocycles. The molecular weight excluding hydrogens is 256 g/mol. The molecule has 0 bridgehead atoms. The smallest absolute Gasteiger partial charge is 0.206 e. The van der Waals surface area contributed by atoms with Gasteiger partial charge in [-0.15, -0.1) is 0 Å². The first-order valence-corrected chi connectivity index (χ1v) is 7.47. The van der Waals surface area contributed by atoms with E-state index in [9.17, 15) is 8.42 Å². The lowest BCUT2D eigenvalue weighted by Crippen LogP contribution is -2.03. The summed E-state index contributed by atoms with van der Waals surface area (Å²) in [5, 5.41) is 0. The first-order chi connectivity index (χ1) is 8.91. The zero-order valence-corrected chi connectivity index (χ0v) is 11.9. The number of hydrogen-bond donors (Lipinski definition) is 0. The maximum atomic E-state index is 12.5. The van der Waals surface area contributed by atoms with Gasteiger partial charge in [0.1, 0.15) is 0 Å². The Bertz CT molecular complexity index is 693. The summed E-state index contributed by atoms with van der Waals surface area (Å²) in [5.41, 5.74) is 2.71. The predicted molar refractivity (Wildman–Crippen MR) is 78.6 cm³/mol. The van der Waals surface area contributed by atoms with Gasteiger partial charge in [-0.3, -0.25) is 0 Å². The minimum atomic E-state index is -3.52. The summed E-state index contributed by atoms with van der Waals surface area (Å²) in [4.78, 5) is 0.421. The van der Waals surface area contributed by atoms with Crippen molar-refractivity contribution in [2.45, 2.75) is 18.7 Å². The van der Waals surface area contributed by atoms with Crippen molar-refractivity contribution < 1.29 is 8.42 Å². The van der Waals surface area contributed by atoms with Crippen LogP contribution in [0.2, 0.25) is 0 Å². The van der Waals surface area contributed by atoms with Gasteiger partial charge in [0.2, 0.25) is 9.84 Å². The molecule has 0 spiro atoms. The van der Waals surface area contributed by atoms with E-state index in [0.717, 1.165) is 11.1 Å². The first-order valence-electron chi connectivity index (χ1n) is 5.99. The third-order valence-electron chi connectivity index (χ3n) is 2.92. The van der Waals surface area contributed by atoms with Crippen molar-refractivity contribution in [2.75, 3.05) is 0 Å². The molecule has 0 fully saturated rings. The lowest BCUT2D eigenvalue weighted by molar-refractivity contribution is 0.606. The first kappa shape index (κ1) is 13.6. The van der Waals surface area contributed by atoms with Crippen LogP contribution in [0.4, 0.5) is 0 Å². The number of hydrogen-bond acceptors (Lipinski definition) is 2. The van der Waals surface area contributed by atoms with E-state index in [2.05, 4.69) is 6.58 Å². The van der Waals surface area contributed by atoms with E-state index >= 15 is 0 Å². The van der Waals surface area contributed by atoms with Crippen LogP contribution in [-0.2, 0) is 9.84 Å². The molecule has 2 rings (SSSR count). The van der Waals surface area contributed by atoms with Crippen molar-refractivity contribution in [1.29, 1.82) is 0 Å². The molecule has 0 amide bonds. The summed E-state index contributed by atoms with van der Waals surface area (Å²) < 4.78 is 24.9. The lowest BCUT2D eigenvalue weighted by Gasteiger charge is -2.10. The fraction of sp³-hybridized carbons (Fsp3) is 0.125.